The third kappa shape index (κ3) is 3.36. The predicted molar refractivity (Wildman–Crippen MR) is 85.1 cm³/mol. The van der Waals surface area contributed by atoms with Crippen LogP contribution in [0.2, 0.25) is 0 Å². The quantitative estimate of drug-likeness (QED) is 0.760. The maximum Gasteiger partial charge on any atom is 0.0489 e. The van der Waals surface area contributed by atoms with Crippen LogP contribution in [0.5, 0.6) is 0 Å². The molecule has 2 aromatic rings. The van der Waals surface area contributed by atoms with Gasteiger partial charge in [-0.15, -0.1) is 0 Å². The number of anilines is 1. The Kier molecular flexibility index (Phi) is 4.46. The van der Waals surface area contributed by atoms with Crippen LogP contribution in [-0.4, -0.2) is 0 Å². The van der Waals surface area contributed by atoms with E-state index < -0.39 is 0 Å². The summed E-state index contributed by atoms with van der Waals surface area (Å²) in [4.78, 5) is 0. The number of nitrogens with one attached hydrogen (secondary N) is 1. The molecule has 0 aliphatic carbocycles. The number of hydrogen-bond acceptors (Lipinski definition) is 1. The molecule has 18 heavy (non-hydrogen) atoms. The van der Waals surface area contributed by atoms with Crippen molar-refractivity contribution in [2.24, 2.45) is 0 Å². The summed E-state index contributed by atoms with van der Waals surface area (Å²) >= 11 is 7.16. The van der Waals surface area contributed by atoms with E-state index in [1.165, 1.54) is 16.7 Å². The molecule has 0 radical (unpaired) electrons. The van der Waals surface area contributed by atoms with E-state index in [0.717, 1.165) is 21.2 Å². The second kappa shape index (κ2) is 5.89. The first kappa shape index (κ1) is 13.6. The normalized spacial score (nSPS) is 10.4. The highest BCUT2D eigenvalue weighted by Gasteiger charge is 2.03. The van der Waals surface area contributed by atoms with E-state index in [-0.39, 0.29) is 0 Å². The zero-order chi connectivity index (χ0) is 13.1. The Morgan fingerprint density at radius 1 is 0.889 bits per heavy atom. The van der Waals surface area contributed by atoms with Crippen molar-refractivity contribution in [3.63, 3.8) is 0 Å². The Balaban J connectivity index is 2.13. The van der Waals surface area contributed by atoms with Crippen molar-refractivity contribution in [2.75, 3.05) is 5.32 Å². The first-order valence-corrected chi connectivity index (χ1v) is 7.40. The van der Waals surface area contributed by atoms with Gasteiger partial charge in [-0.25, -0.2) is 0 Å². The van der Waals surface area contributed by atoms with Crippen LogP contribution >= 0.6 is 31.9 Å². The number of aryl methyl sites for hydroxylation is 2. The molecule has 0 fully saturated rings. The van der Waals surface area contributed by atoms with Gasteiger partial charge in [0, 0.05) is 21.2 Å². The van der Waals surface area contributed by atoms with E-state index >= 15 is 0 Å². The molecule has 0 saturated carbocycles. The van der Waals surface area contributed by atoms with E-state index in [1.54, 1.807) is 0 Å². The minimum atomic E-state index is 0.808. The highest BCUT2D eigenvalue weighted by Crippen LogP contribution is 2.25. The largest absolute Gasteiger partial charge is 0.380 e. The van der Waals surface area contributed by atoms with Gasteiger partial charge in [0.05, 0.1) is 0 Å². The van der Waals surface area contributed by atoms with E-state index in [0.29, 0.717) is 0 Å². The van der Waals surface area contributed by atoms with Crippen LogP contribution in [0.25, 0.3) is 0 Å². The van der Waals surface area contributed by atoms with Gasteiger partial charge >= 0.3 is 0 Å². The van der Waals surface area contributed by atoms with Gasteiger partial charge in [0.2, 0.25) is 0 Å². The lowest BCUT2D eigenvalue weighted by Gasteiger charge is -2.11. The smallest absolute Gasteiger partial charge is 0.0489 e. The van der Waals surface area contributed by atoms with E-state index in [4.69, 9.17) is 0 Å². The lowest BCUT2D eigenvalue weighted by atomic mass is 10.1. The third-order valence-corrected chi connectivity index (χ3v) is 4.23. The van der Waals surface area contributed by atoms with E-state index in [9.17, 15) is 0 Å². The van der Waals surface area contributed by atoms with Gasteiger partial charge < -0.3 is 5.32 Å². The molecule has 0 unspecified atom stereocenters. The molecule has 2 aromatic carbocycles. The predicted octanol–water partition coefficient (Wildman–Crippen LogP) is 5.44. The molecule has 0 spiro atoms. The van der Waals surface area contributed by atoms with Crippen LogP contribution < -0.4 is 5.32 Å². The molecule has 94 valence electrons. The molecule has 0 aliphatic rings. The molecule has 0 bridgehead atoms. The molecule has 3 heteroatoms. The van der Waals surface area contributed by atoms with Crippen molar-refractivity contribution in [3.8, 4) is 0 Å². The van der Waals surface area contributed by atoms with Gasteiger partial charge in [-0.2, -0.15) is 0 Å². The van der Waals surface area contributed by atoms with Crippen molar-refractivity contribution >= 4 is 37.5 Å². The zero-order valence-corrected chi connectivity index (χ0v) is 13.6. The number of halogens is 2. The standard InChI is InChI=1S/C15H15Br2N/c1-10-3-5-12(14(17)7-10)9-18-15-8-11(2)4-6-13(15)16/h3-8,18H,9H2,1-2H3. The molecule has 0 aromatic heterocycles. The van der Waals surface area contributed by atoms with Gasteiger partial charge in [-0.3, -0.25) is 0 Å². The molecule has 0 aliphatic heterocycles. The average molecular weight is 369 g/mol. The lowest BCUT2D eigenvalue weighted by Crippen LogP contribution is -2.01. The third-order valence-electron chi connectivity index (χ3n) is 2.80. The summed E-state index contributed by atoms with van der Waals surface area (Å²) in [6, 6.07) is 12.7. The molecular formula is C15H15Br2N. The summed E-state index contributed by atoms with van der Waals surface area (Å²) in [7, 11) is 0. The van der Waals surface area contributed by atoms with Gasteiger partial charge in [-0.05, 0) is 64.7 Å². The average Bonchev–Trinajstić information content (AvgIpc) is 2.32. The summed E-state index contributed by atoms with van der Waals surface area (Å²) < 4.78 is 2.25. The highest BCUT2D eigenvalue weighted by atomic mass is 79.9. The summed E-state index contributed by atoms with van der Waals surface area (Å²) in [5.41, 5.74) is 4.91. The Morgan fingerprint density at radius 2 is 1.56 bits per heavy atom. The van der Waals surface area contributed by atoms with Gasteiger partial charge in [0.15, 0.2) is 0 Å². The topological polar surface area (TPSA) is 12.0 Å². The van der Waals surface area contributed by atoms with Gasteiger partial charge in [0.25, 0.3) is 0 Å². The van der Waals surface area contributed by atoms with Gasteiger partial charge in [0.1, 0.15) is 0 Å². The first-order valence-electron chi connectivity index (χ1n) is 5.81. The molecule has 1 nitrogen and oxygen atoms in total. The van der Waals surface area contributed by atoms with Crippen molar-refractivity contribution in [1.82, 2.24) is 0 Å². The molecule has 2 rings (SSSR count). The Hall–Kier alpha value is -0.800. The summed E-state index contributed by atoms with van der Waals surface area (Å²) in [5, 5.41) is 3.45. The van der Waals surface area contributed by atoms with E-state index in [1.807, 2.05) is 0 Å². The maximum absolute atomic E-state index is 3.60. The molecule has 0 amide bonds. The fourth-order valence-corrected chi connectivity index (χ4v) is 2.78. The Labute approximate surface area is 125 Å². The Morgan fingerprint density at radius 3 is 2.28 bits per heavy atom. The van der Waals surface area contributed by atoms with Crippen LogP contribution in [-0.2, 0) is 6.54 Å². The van der Waals surface area contributed by atoms with E-state index in [2.05, 4.69) is 87.4 Å². The second-order valence-electron chi connectivity index (χ2n) is 4.43. The fourth-order valence-electron chi connectivity index (χ4n) is 1.76. The van der Waals surface area contributed by atoms with Crippen molar-refractivity contribution in [3.05, 3.63) is 62.0 Å². The molecule has 0 atom stereocenters. The summed E-state index contributed by atoms with van der Waals surface area (Å²) in [6.07, 6.45) is 0. The van der Waals surface area contributed by atoms with Crippen LogP contribution in [0, 0.1) is 13.8 Å². The first-order chi connectivity index (χ1) is 8.56. The number of hydrogen-bond donors (Lipinski definition) is 1. The van der Waals surface area contributed by atoms with Crippen LogP contribution in [0.3, 0.4) is 0 Å². The van der Waals surface area contributed by atoms with Crippen LogP contribution in [0.4, 0.5) is 5.69 Å². The van der Waals surface area contributed by atoms with Crippen molar-refractivity contribution in [1.29, 1.82) is 0 Å². The molecule has 0 heterocycles. The molecular weight excluding hydrogens is 354 g/mol. The summed E-state index contributed by atoms with van der Waals surface area (Å²) in [6.45, 7) is 5.00. The number of rotatable bonds is 3. The maximum atomic E-state index is 3.60. The van der Waals surface area contributed by atoms with Crippen molar-refractivity contribution < 1.29 is 0 Å². The SMILES string of the molecule is Cc1ccc(CNc2cc(C)ccc2Br)c(Br)c1. The lowest BCUT2D eigenvalue weighted by molar-refractivity contribution is 1.13. The minimum Gasteiger partial charge on any atom is -0.380 e. The Bertz CT molecular complexity index is 564. The zero-order valence-electron chi connectivity index (χ0n) is 10.4. The summed E-state index contributed by atoms with van der Waals surface area (Å²) in [5.74, 6) is 0. The fraction of sp³-hybridized carbons (Fsp3) is 0.200. The number of benzene rings is 2. The molecule has 0 saturated heterocycles. The monoisotopic (exact) mass is 367 g/mol. The van der Waals surface area contributed by atoms with Crippen molar-refractivity contribution in [2.45, 2.75) is 20.4 Å². The van der Waals surface area contributed by atoms with Crippen LogP contribution in [0.1, 0.15) is 16.7 Å². The minimum absolute atomic E-state index is 0.808. The second-order valence-corrected chi connectivity index (χ2v) is 6.14. The van der Waals surface area contributed by atoms with Gasteiger partial charge in [-0.1, -0.05) is 34.1 Å². The molecule has 1 N–H and O–H groups in total. The van der Waals surface area contributed by atoms with Crippen LogP contribution in [0.15, 0.2) is 45.3 Å². The highest BCUT2D eigenvalue weighted by molar-refractivity contribution is 9.10.